The molecule has 0 unspecified atom stereocenters. The predicted octanol–water partition coefficient (Wildman–Crippen LogP) is 1.99. The number of carbonyl (C=O) groups excluding carboxylic acids is 1. The Labute approximate surface area is 154 Å². The van der Waals surface area contributed by atoms with Crippen LogP contribution in [-0.2, 0) is 4.79 Å². The van der Waals surface area contributed by atoms with Crippen LogP contribution in [0.5, 0.6) is 11.5 Å². The fourth-order valence-electron chi connectivity index (χ4n) is 1.87. The summed E-state index contributed by atoms with van der Waals surface area (Å²) in [4.78, 5) is 26.4. The molecule has 0 aliphatic rings. The van der Waals surface area contributed by atoms with Crippen LogP contribution in [0, 0.1) is 11.8 Å². The molecule has 0 fully saturated rings. The highest BCUT2D eigenvalue weighted by molar-refractivity contribution is 6.30. The molecule has 1 aromatic heterocycles. The van der Waals surface area contributed by atoms with Crippen LogP contribution in [0.4, 0.5) is 0 Å². The van der Waals surface area contributed by atoms with Gasteiger partial charge >= 0.3 is 5.97 Å². The van der Waals surface area contributed by atoms with E-state index in [1.165, 1.54) is 19.4 Å². The molecule has 0 aliphatic heterocycles. The van der Waals surface area contributed by atoms with Crippen molar-refractivity contribution in [2.24, 2.45) is 0 Å². The lowest BCUT2D eigenvalue weighted by Gasteiger charge is -2.07. The monoisotopic (exact) mass is 374 g/mol. The molecule has 0 aliphatic carbocycles. The minimum absolute atomic E-state index is 0.0169. The number of carboxylic acid groups (broad SMARTS) is 1. The summed E-state index contributed by atoms with van der Waals surface area (Å²) in [6, 6.07) is 8.44. The zero-order valence-corrected chi connectivity index (χ0v) is 14.5. The first kappa shape index (κ1) is 19.1. The van der Waals surface area contributed by atoms with Crippen molar-refractivity contribution in [1.29, 1.82) is 0 Å². The molecule has 2 aromatic rings. The molecule has 134 valence electrons. The van der Waals surface area contributed by atoms with Crippen LogP contribution in [0.15, 0.2) is 36.5 Å². The van der Waals surface area contributed by atoms with Gasteiger partial charge in [-0.3, -0.25) is 9.59 Å². The Balaban J connectivity index is 2.01. The quantitative estimate of drug-likeness (QED) is 0.750. The number of pyridine rings is 1. The number of carboxylic acids is 1. The Kier molecular flexibility index (Phi) is 6.83. The van der Waals surface area contributed by atoms with Crippen molar-refractivity contribution in [2.45, 2.75) is 0 Å². The van der Waals surface area contributed by atoms with Gasteiger partial charge in [0.1, 0.15) is 18.9 Å². The highest BCUT2D eigenvalue weighted by Gasteiger charge is 2.15. The first-order chi connectivity index (χ1) is 12.5. The minimum atomic E-state index is -1.15. The molecule has 8 heteroatoms. The number of amides is 1. The predicted molar refractivity (Wildman–Crippen MR) is 94.6 cm³/mol. The van der Waals surface area contributed by atoms with E-state index in [0.29, 0.717) is 16.3 Å². The van der Waals surface area contributed by atoms with Crippen molar-refractivity contribution < 1.29 is 24.2 Å². The van der Waals surface area contributed by atoms with Crippen molar-refractivity contribution >= 4 is 23.5 Å². The van der Waals surface area contributed by atoms with Gasteiger partial charge in [-0.15, -0.1) is 0 Å². The summed E-state index contributed by atoms with van der Waals surface area (Å²) in [5.74, 6) is 4.71. The lowest BCUT2D eigenvalue weighted by atomic mass is 10.2. The zero-order valence-electron chi connectivity index (χ0n) is 13.8. The van der Waals surface area contributed by atoms with E-state index in [0.717, 1.165) is 0 Å². The van der Waals surface area contributed by atoms with Crippen molar-refractivity contribution in [3.63, 3.8) is 0 Å². The van der Waals surface area contributed by atoms with Crippen LogP contribution in [0.1, 0.15) is 16.1 Å². The molecule has 0 spiro atoms. The van der Waals surface area contributed by atoms with E-state index in [9.17, 15) is 9.59 Å². The smallest absolute Gasteiger partial charge is 0.322 e. The van der Waals surface area contributed by atoms with Gasteiger partial charge in [-0.25, -0.2) is 4.98 Å². The number of halogens is 1. The van der Waals surface area contributed by atoms with Crippen LogP contribution in [0.3, 0.4) is 0 Å². The zero-order chi connectivity index (χ0) is 18.9. The molecule has 26 heavy (non-hydrogen) atoms. The summed E-state index contributed by atoms with van der Waals surface area (Å²) in [5.41, 5.74) is 0.507. The number of ether oxygens (including phenoxy) is 2. The van der Waals surface area contributed by atoms with Crippen LogP contribution in [0.25, 0.3) is 0 Å². The highest BCUT2D eigenvalue weighted by Crippen LogP contribution is 2.17. The van der Waals surface area contributed by atoms with E-state index in [2.05, 4.69) is 22.1 Å². The maximum Gasteiger partial charge on any atom is 0.322 e. The molecule has 1 amide bonds. The summed E-state index contributed by atoms with van der Waals surface area (Å²) in [6.07, 6.45) is 1.40. The molecule has 0 bridgehead atoms. The number of hydrogen-bond donors (Lipinski definition) is 2. The van der Waals surface area contributed by atoms with Gasteiger partial charge in [0.15, 0.2) is 11.4 Å². The number of hydrogen-bond acceptors (Lipinski definition) is 5. The number of benzene rings is 1. The molecule has 1 aromatic carbocycles. The second-order valence-corrected chi connectivity index (χ2v) is 5.33. The van der Waals surface area contributed by atoms with Gasteiger partial charge in [0.2, 0.25) is 0 Å². The van der Waals surface area contributed by atoms with Crippen LogP contribution in [0.2, 0.25) is 5.02 Å². The molecular formula is C18H15ClN2O5. The van der Waals surface area contributed by atoms with E-state index in [1.54, 1.807) is 24.3 Å². The average Bonchev–Trinajstić information content (AvgIpc) is 2.64. The van der Waals surface area contributed by atoms with E-state index >= 15 is 0 Å². The molecule has 0 saturated carbocycles. The van der Waals surface area contributed by atoms with Crippen molar-refractivity contribution in [2.75, 3.05) is 20.3 Å². The van der Waals surface area contributed by atoms with Gasteiger partial charge in [0.05, 0.1) is 7.11 Å². The Hall–Kier alpha value is -3.24. The van der Waals surface area contributed by atoms with E-state index in [1.807, 2.05) is 0 Å². The SMILES string of the molecule is COc1cc(C#CCOc2ccc(Cl)cc2)cnc1C(=O)NCC(=O)O. The number of methoxy groups -OCH3 is 1. The normalized spacial score (nSPS) is 9.62. The van der Waals surface area contributed by atoms with Crippen molar-refractivity contribution in [1.82, 2.24) is 10.3 Å². The summed E-state index contributed by atoms with van der Waals surface area (Å²) in [6.45, 7) is -0.349. The maximum absolute atomic E-state index is 11.9. The van der Waals surface area contributed by atoms with Gasteiger partial charge in [-0.1, -0.05) is 23.4 Å². The molecule has 7 nitrogen and oxygen atoms in total. The van der Waals surface area contributed by atoms with Crippen LogP contribution < -0.4 is 14.8 Å². The van der Waals surface area contributed by atoms with Gasteiger partial charge in [-0.2, -0.15) is 0 Å². The van der Waals surface area contributed by atoms with Gasteiger partial charge in [-0.05, 0) is 30.3 Å². The Bertz CT molecular complexity index is 856. The fraction of sp³-hybridized carbons (Fsp3) is 0.167. The summed E-state index contributed by atoms with van der Waals surface area (Å²) in [5, 5.41) is 11.4. The van der Waals surface area contributed by atoms with Gasteiger partial charge in [0.25, 0.3) is 5.91 Å². The number of aliphatic carboxylic acids is 1. The summed E-state index contributed by atoms with van der Waals surface area (Å²) in [7, 11) is 1.38. The second kappa shape index (κ2) is 9.30. The highest BCUT2D eigenvalue weighted by atomic mass is 35.5. The molecular weight excluding hydrogens is 360 g/mol. The van der Waals surface area contributed by atoms with Crippen LogP contribution >= 0.6 is 11.6 Å². The van der Waals surface area contributed by atoms with Crippen molar-refractivity contribution in [3.05, 3.63) is 52.8 Å². The molecule has 2 rings (SSSR count). The largest absolute Gasteiger partial charge is 0.494 e. The third-order valence-corrected chi connectivity index (χ3v) is 3.30. The minimum Gasteiger partial charge on any atom is -0.494 e. The van der Waals surface area contributed by atoms with Gasteiger partial charge < -0.3 is 19.9 Å². The summed E-state index contributed by atoms with van der Waals surface area (Å²) >= 11 is 5.79. The lowest BCUT2D eigenvalue weighted by Crippen LogP contribution is -2.30. The first-order valence-electron chi connectivity index (χ1n) is 7.41. The van der Waals surface area contributed by atoms with E-state index in [4.69, 9.17) is 26.2 Å². The Morgan fingerprint density at radius 3 is 2.69 bits per heavy atom. The Morgan fingerprint density at radius 1 is 1.31 bits per heavy atom. The van der Waals surface area contributed by atoms with Crippen LogP contribution in [-0.4, -0.2) is 42.2 Å². The average molecular weight is 375 g/mol. The van der Waals surface area contributed by atoms with E-state index in [-0.39, 0.29) is 18.1 Å². The molecule has 0 saturated heterocycles. The third kappa shape index (κ3) is 5.69. The van der Waals surface area contributed by atoms with Gasteiger partial charge in [0, 0.05) is 16.8 Å². The number of nitrogens with zero attached hydrogens (tertiary/aromatic N) is 1. The standard InChI is InChI=1S/C18H15ClN2O5/c1-25-15-9-12(10-20-17(15)18(24)21-11-16(22)23)3-2-8-26-14-6-4-13(19)5-7-14/h4-7,9-10H,8,11H2,1H3,(H,21,24)(H,22,23). The summed E-state index contributed by atoms with van der Waals surface area (Å²) < 4.78 is 10.6. The second-order valence-electron chi connectivity index (χ2n) is 4.90. The lowest BCUT2D eigenvalue weighted by molar-refractivity contribution is -0.135. The molecule has 2 N–H and O–H groups in total. The molecule has 1 heterocycles. The van der Waals surface area contributed by atoms with E-state index < -0.39 is 18.4 Å². The van der Waals surface area contributed by atoms with Crippen molar-refractivity contribution in [3.8, 4) is 23.3 Å². The number of aromatic nitrogens is 1. The Morgan fingerprint density at radius 2 is 2.04 bits per heavy atom. The number of nitrogens with one attached hydrogen (secondary N) is 1. The fourth-order valence-corrected chi connectivity index (χ4v) is 1.99. The molecule has 0 atom stereocenters. The molecule has 0 radical (unpaired) electrons. The first-order valence-corrected chi connectivity index (χ1v) is 7.78. The maximum atomic E-state index is 11.9. The topological polar surface area (TPSA) is 97.8 Å². The third-order valence-electron chi connectivity index (χ3n) is 3.05. The number of rotatable bonds is 6. The number of carbonyl (C=O) groups is 2.